The zero-order chi connectivity index (χ0) is 17.3. The average Bonchev–Trinajstić information content (AvgIpc) is 3.06. The van der Waals surface area contributed by atoms with Crippen LogP contribution in [-0.2, 0) is 14.8 Å². The molecule has 3 N–H and O–H groups in total. The van der Waals surface area contributed by atoms with Crippen molar-refractivity contribution in [3.63, 3.8) is 0 Å². The molecule has 1 aliphatic heterocycles. The van der Waals surface area contributed by atoms with Crippen LogP contribution in [0.5, 0.6) is 0 Å². The van der Waals surface area contributed by atoms with Gasteiger partial charge in [-0.3, -0.25) is 9.10 Å². The molecule has 0 bridgehead atoms. The maximum Gasteiger partial charge on any atom is 0.235 e. The van der Waals surface area contributed by atoms with Gasteiger partial charge in [0, 0.05) is 24.7 Å². The van der Waals surface area contributed by atoms with Crippen molar-refractivity contribution in [1.29, 1.82) is 0 Å². The fourth-order valence-electron chi connectivity index (χ4n) is 3.46. The Morgan fingerprint density at radius 3 is 2.75 bits per heavy atom. The van der Waals surface area contributed by atoms with Crippen LogP contribution in [0.25, 0.3) is 0 Å². The molecule has 0 aromatic heterocycles. The van der Waals surface area contributed by atoms with Gasteiger partial charge in [-0.2, -0.15) is 0 Å². The summed E-state index contributed by atoms with van der Waals surface area (Å²) in [4.78, 5) is 12.2. The smallest absolute Gasteiger partial charge is 0.235 e. The van der Waals surface area contributed by atoms with Crippen LogP contribution in [0.2, 0.25) is 0 Å². The van der Waals surface area contributed by atoms with Gasteiger partial charge in [-0.25, -0.2) is 12.8 Å². The van der Waals surface area contributed by atoms with Gasteiger partial charge in [-0.15, -0.1) is 0 Å². The predicted octanol–water partition coefficient (Wildman–Crippen LogP) is 1.82. The molecule has 2 fully saturated rings. The summed E-state index contributed by atoms with van der Waals surface area (Å²) in [6.45, 7) is 0.258. The maximum absolute atomic E-state index is 14.0. The molecule has 1 aromatic rings. The van der Waals surface area contributed by atoms with E-state index < -0.39 is 15.8 Å². The third-order valence-electron chi connectivity index (χ3n) is 4.76. The number of benzene rings is 1. The van der Waals surface area contributed by atoms with E-state index in [2.05, 4.69) is 5.32 Å². The van der Waals surface area contributed by atoms with Crippen LogP contribution in [0.3, 0.4) is 0 Å². The van der Waals surface area contributed by atoms with E-state index in [1.807, 2.05) is 0 Å². The maximum atomic E-state index is 14.0. The van der Waals surface area contributed by atoms with Crippen molar-refractivity contribution in [2.24, 2.45) is 11.7 Å². The highest BCUT2D eigenvalue weighted by atomic mass is 32.2. The number of nitrogens with one attached hydrogen (secondary N) is 1. The van der Waals surface area contributed by atoms with Crippen LogP contribution >= 0.6 is 0 Å². The standard InChI is InChI=1S/C16H22FN3O3S/c17-13-6-5-12(10-15(13)20-7-2-8-24(20,22)23)19-16(21)9-11-3-1-4-14(11)18/h5-6,10-11,14H,1-4,7-9,18H2,(H,19,21)/t11-,14+/m0/s1. The van der Waals surface area contributed by atoms with Crippen molar-refractivity contribution < 1.29 is 17.6 Å². The van der Waals surface area contributed by atoms with Crippen LogP contribution in [0, 0.1) is 11.7 Å². The van der Waals surface area contributed by atoms with E-state index in [0.717, 1.165) is 23.6 Å². The van der Waals surface area contributed by atoms with Gasteiger partial charge in [-0.05, 0) is 43.4 Å². The lowest BCUT2D eigenvalue weighted by molar-refractivity contribution is -0.117. The quantitative estimate of drug-likeness (QED) is 0.862. The van der Waals surface area contributed by atoms with Gasteiger partial charge < -0.3 is 11.1 Å². The molecule has 0 radical (unpaired) electrons. The monoisotopic (exact) mass is 355 g/mol. The molecule has 24 heavy (non-hydrogen) atoms. The number of rotatable bonds is 4. The van der Waals surface area contributed by atoms with E-state index in [9.17, 15) is 17.6 Å². The molecule has 1 aliphatic carbocycles. The fraction of sp³-hybridized carbons (Fsp3) is 0.562. The molecule has 0 unspecified atom stereocenters. The number of nitrogens with zero attached hydrogens (tertiary/aromatic N) is 1. The van der Waals surface area contributed by atoms with Crippen molar-refractivity contribution >= 4 is 27.3 Å². The minimum absolute atomic E-state index is 0.0112. The fourth-order valence-corrected chi connectivity index (χ4v) is 5.02. The van der Waals surface area contributed by atoms with E-state index >= 15 is 0 Å². The zero-order valence-electron chi connectivity index (χ0n) is 13.4. The lowest BCUT2D eigenvalue weighted by atomic mass is 10.00. The number of nitrogens with two attached hydrogens (primary N) is 1. The van der Waals surface area contributed by atoms with Crippen molar-refractivity contribution in [2.45, 2.75) is 38.1 Å². The Labute approximate surface area is 141 Å². The second-order valence-electron chi connectivity index (χ2n) is 6.52. The van der Waals surface area contributed by atoms with E-state index in [-0.39, 0.29) is 35.9 Å². The molecule has 1 amide bonds. The number of hydrogen-bond acceptors (Lipinski definition) is 4. The Hall–Kier alpha value is -1.67. The molecule has 3 rings (SSSR count). The first-order valence-electron chi connectivity index (χ1n) is 8.22. The van der Waals surface area contributed by atoms with Crippen LogP contribution in [0.15, 0.2) is 18.2 Å². The lowest BCUT2D eigenvalue weighted by Crippen LogP contribution is -2.28. The summed E-state index contributed by atoms with van der Waals surface area (Å²) >= 11 is 0. The van der Waals surface area contributed by atoms with Gasteiger partial charge in [0.1, 0.15) is 5.82 Å². The number of carbonyl (C=O) groups excluding carboxylic acids is 1. The highest BCUT2D eigenvalue weighted by Crippen LogP contribution is 2.30. The number of carbonyl (C=O) groups is 1. The van der Waals surface area contributed by atoms with Crippen LogP contribution in [0.4, 0.5) is 15.8 Å². The minimum atomic E-state index is -3.47. The second-order valence-corrected chi connectivity index (χ2v) is 8.53. The molecular weight excluding hydrogens is 333 g/mol. The predicted molar refractivity (Wildman–Crippen MR) is 90.7 cm³/mol. The highest BCUT2D eigenvalue weighted by Gasteiger charge is 2.31. The molecule has 1 saturated carbocycles. The summed E-state index contributed by atoms with van der Waals surface area (Å²) in [6.07, 6.45) is 3.71. The Balaban J connectivity index is 1.73. The molecule has 2 aliphatic rings. The minimum Gasteiger partial charge on any atom is -0.327 e. The average molecular weight is 355 g/mol. The topological polar surface area (TPSA) is 92.5 Å². The number of hydrogen-bond donors (Lipinski definition) is 2. The summed E-state index contributed by atoms with van der Waals surface area (Å²) < 4.78 is 39.1. The summed E-state index contributed by atoms with van der Waals surface area (Å²) in [5, 5.41) is 2.73. The molecule has 0 spiro atoms. The molecule has 6 nitrogen and oxygen atoms in total. The normalized spacial score (nSPS) is 25.8. The largest absolute Gasteiger partial charge is 0.327 e. The van der Waals surface area contributed by atoms with Gasteiger partial charge in [0.05, 0.1) is 11.4 Å². The Morgan fingerprint density at radius 2 is 2.12 bits per heavy atom. The summed E-state index contributed by atoms with van der Waals surface area (Å²) in [5.74, 6) is -0.609. The highest BCUT2D eigenvalue weighted by molar-refractivity contribution is 7.93. The molecule has 1 heterocycles. The number of sulfonamides is 1. The number of halogens is 1. The number of anilines is 2. The molecule has 1 aromatic carbocycles. The SMILES string of the molecule is N[C@@H]1CCC[C@H]1CC(=O)Nc1ccc(F)c(N2CCCS2(=O)=O)c1. The first-order valence-corrected chi connectivity index (χ1v) is 9.83. The molecule has 132 valence electrons. The number of amides is 1. The third kappa shape index (κ3) is 3.54. The third-order valence-corrected chi connectivity index (χ3v) is 6.62. The summed E-state index contributed by atoms with van der Waals surface area (Å²) in [5.41, 5.74) is 6.36. The molecule has 8 heteroatoms. The Kier molecular flexibility index (Phi) is 4.78. The summed E-state index contributed by atoms with van der Waals surface area (Å²) in [7, 11) is -3.47. The van der Waals surface area contributed by atoms with Crippen molar-refractivity contribution in [1.82, 2.24) is 0 Å². The van der Waals surface area contributed by atoms with Gasteiger partial charge >= 0.3 is 0 Å². The Morgan fingerprint density at radius 1 is 1.33 bits per heavy atom. The van der Waals surface area contributed by atoms with Crippen LogP contribution in [-0.4, -0.2) is 32.7 Å². The second kappa shape index (κ2) is 6.68. The van der Waals surface area contributed by atoms with E-state index in [0.29, 0.717) is 18.5 Å². The van der Waals surface area contributed by atoms with Gasteiger partial charge in [0.15, 0.2) is 0 Å². The molecule has 1 saturated heterocycles. The molecule has 2 atom stereocenters. The van der Waals surface area contributed by atoms with Crippen LogP contribution < -0.4 is 15.4 Å². The first kappa shape index (κ1) is 17.2. The van der Waals surface area contributed by atoms with Gasteiger partial charge in [-0.1, -0.05) is 6.42 Å². The van der Waals surface area contributed by atoms with Crippen molar-refractivity contribution in [3.8, 4) is 0 Å². The van der Waals surface area contributed by atoms with E-state index in [1.165, 1.54) is 18.2 Å². The zero-order valence-corrected chi connectivity index (χ0v) is 14.2. The van der Waals surface area contributed by atoms with E-state index in [4.69, 9.17) is 5.73 Å². The van der Waals surface area contributed by atoms with Crippen molar-refractivity contribution in [3.05, 3.63) is 24.0 Å². The van der Waals surface area contributed by atoms with Crippen molar-refractivity contribution in [2.75, 3.05) is 21.9 Å². The summed E-state index contributed by atoms with van der Waals surface area (Å²) in [6, 6.07) is 4.05. The molecular formula is C16H22FN3O3S. The van der Waals surface area contributed by atoms with E-state index in [1.54, 1.807) is 0 Å². The lowest BCUT2D eigenvalue weighted by Gasteiger charge is -2.19. The van der Waals surface area contributed by atoms with Gasteiger partial charge in [0.25, 0.3) is 0 Å². The first-order chi connectivity index (χ1) is 11.4. The Bertz CT molecular complexity index is 738. The van der Waals surface area contributed by atoms with Gasteiger partial charge in [0.2, 0.25) is 15.9 Å². The van der Waals surface area contributed by atoms with Crippen LogP contribution in [0.1, 0.15) is 32.1 Å².